The Hall–Kier alpha value is -3.15. The SMILES string of the molecule is C=CCOC(=O)Nc1cc(C)nn1-c1ccc2ccccc2n1. The van der Waals surface area contributed by atoms with E-state index in [-0.39, 0.29) is 6.61 Å². The monoisotopic (exact) mass is 308 g/mol. The number of hydrogen-bond acceptors (Lipinski definition) is 4. The molecule has 0 aliphatic carbocycles. The van der Waals surface area contributed by atoms with Gasteiger partial charge in [0, 0.05) is 11.5 Å². The summed E-state index contributed by atoms with van der Waals surface area (Å²) in [6.07, 6.45) is 0.944. The summed E-state index contributed by atoms with van der Waals surface area (Å²) < 4.78 is 6.52. The number of nitrogens with zero attached hydrogens (tertiary/aromatic N) is 3. The van der Waals surface area contributed by atoms with Crippen LogP contribution >= 0.6 is 0 Å². The lowest BCUT2D eigenvalue weighted by Gasteiger charge is -2.09. The topological polar surface area (TPSA) is 69.0 Å². The van der Waals surface area contributed by atoms with Gasteiger partial charge in [0.05, 0.1) is 11.2 Å². The van der Waals surface area contributed by atoms with Gasteiger partial charge in [0.1, 0.15) is 12.4 Å². The van der Waals surface area contributed by atoms with E-state index in [1.54, 1.807) is 10.7 Å². The van der Waals surface area contributed by atoms with Gasteiger partial charge < -0.3 is 4.74 Å². The van der Waals surface area contributed by atoms with Gasteiger partial charge in [0.2, 0.25) is 0 Å². The Morgan fingerprint density at radius 1 is 1.35 bits per heavy atom. The van der Waals surface area contributed by atoms with Crippen LogP contribution in [-0.4, -0.2) is 27.5 Å². The quantitative estimate of drug-likeness (QED) is 0.749. The Labute approximate surface area is 133 Å². The highest BCUT2D eigenvalue weighted by atomic mass is 16.5. The lowest BCUT2D eigenvalue weighted by Crippen LogP contribution is -2.16. The Kier molecular flexibility index (Phi) is 4.05. The molecule has 0 aliphatic rings. The predicted octanol–water partition coefficient (Wildman–Crippen LogP) is 3.46. The van der Waals surface area contributed by atoms with Gasteiger partial charge in [-0.05, 0) is 25.1 Å². The lowest BCUT2D eigenvalue weighted by atomic mass is 10.2. The first-order valence-electron chi connectivity index (χ1n) is 7.15. The van der Waals surface area contributed by atoms with Crippen molar-refractivity contribution in [3.8, 4) is 5.82 Å². The summed E-state index contributed by atoms with van der Waals surface area (Å²) in [7, 11) is 0. The minimum absolute atomic E-state index is 0.146. The molecule has 0 fully saturated rings. The van der Waals surface area contributed by atoms with Crippen molar-refractivity contribution in [1.29, 1.82) is 0 Å². The predicted molar refractivity (Wildman–Crippen MR) is 88.8 cm³/mol. The fourth-order valence-electron chi connectivity index (χ4n) is 2.21. The third-order valence-corrected chi connectivity index (χ3v) is 3.19. The summed E-state index contributed by atoms with van der Waals surface area (Å²) in [4.78, 5) is 16.3. The van der Waals surface area contributed by atoms with Gasteiger partial charge in [-0.2, -0.15) is 9.78 Å². The summed E-state index contributed by atoms with van der Waals surface area (Å²) in [6, 6.07) is 13.4. The van der Waals surface area contributed by atoms with Gasteiger partial charge in [-0.1, -0.05) is 30.9 Å². The van der Waals surface area contributed by atoms with Gasteiger partial charge in [-0.15, -0.1) is 0 Å². The van der Waals surface area contributed by atoms with E-state index in [9.17, 15) is 4.79 Å². The van der Waals surface area contributed by atoms with Crippen molar-refractivity contribution in [2.75, 3.05) is 11.9 Å². The smallest absolute Gasteiger partial charge is 0.413 e. The number of benzene rings is 1. The maximum Gasteiger partial charge on any atom is 0.413 e. The number of para-hydroxylation sites is 1. The summed E-state index contributed by atoms with van der Waals surface area (Å²) in [6.45, 7) is 5.50. The van der Waals surface area contributed by atoms with Crippen LogP contribution in [0.4, 0.5) is 10.6 Å². The van der Waals surface area contributed by atoms with Crippen molar-refractivity contribution in [3.05, 3.63) is 60.8 Å². The molecule has 1 N–H and O–H groups in total. The number of pyridine rings is 1. The molecule has 116 valence electrons. The molecule has 2 aromatic heterocycles. The number of fused-ring (bicyclic) bond motifs is 1. The van der Waals surface area contributed by atoms with Crippen molar-refractivity contribution in [2.24, 2.45) is 0 Å². The first-order chi connectivity index (χ1) is 11.2. The van der Waals surface area contributed by atoms with Crippen molar-refractivity contribution < 1.29 is 9.53 Å². The number of amides is 1. The molecule has 0 saturated heterocycles. The Morgan fingerprint density at radius 3 is 3.00 bits per heavy atom. The summed E-state index contributed by atoms with van der Waals surface area (Å²) >= 11 is 0. The fraction of sp³-hybridized carbons (Fsp3) is 0.118. The van der Waals surface area contributed by atoms with Crippen molar-refractivity contribution in [3.63, 3.8) is 0 Å². The summed E-state index contributed by atoms with van der Waals surface area (Å²) in [5.74, 6) is 1.12. The Bertz CT molecular complexity index is 870. The normalized spacial score (nSPS) is 10.5. The molecule has 1 aromatic carbocycles. The second-order valence-electron chi connectivity index (χ2n) is 4.96. The molecule has 0 atom stereocenters. The second-order valence-corrected chi connectivity index (χ2v) is 4.96. The Balaban J connectivity index is 1.94. The third kappa shape index (κ3) is 3.21. The molecule has 6 heteroatoms. The van der Waals surface area contributed by atoms with E-state index in [0.717, 1.165) is 16.6 Å². The average molecular weight is 308 g/mol. The molecule has 23 heavy (non-hydrogen) atoms. The van der Waals surface area contributed by atoms with Crippen molar-refractivity contribution >= 4 is 22.8 Å². The summed E-state index contributed by atoms with van der Waals surface area (Å²) in [5.41, 5.74) is 1.62. The molecule has 1 amide bonds. The van der Waals surface area contributed by atoms with Crippen LogP contribution in [0.3, 0.4) is 0 Å². The van der Waals surface area contributed by atoms with Crippen molar-refractivity contribution in [1.82, 2.24) is 14.8 Å². The highest BCUT2D eigenvalue weighted by Crippen LogP contribution is 2.19. The van der Waals surface area contributed by atoms with Gasteiger partial charge in [-0.3, -0.25) is 5.32 Å². The van der Waals surface area contributed by atoms with Gasteiger partial charge in [-0.25, -0.2) is 9.78 Å². The molecule has 0 bridgehead atoms. The fourth-order valence-corrected chi connectivity index (χ4v) is 2.21. The molecule has 0 unspecified atom stereocenters. The van der Waals surface area contributed by atoms with Crippen LogP contribution in [0.25, 0.3) is 16.7 Å². The number of carbonyl (C=O) groups is 1. The summed E-state index contributed by atoms with van der Waals surface area (Å²) in [5, 5.41) is 8.09. The van der Waals surface area contributed by atoms with Crippen LogP contribution in [-0.2, 0) is 4.74 Å². The first kappa shape index (κ1) is 14.8. The number of ether oxygens (including phenoxy) is 1. The molecule has 0 spiro atoms. The number of aryl methyl sites for hydroxylation is 1. The van der Waals surface area contributed by atoms with Gasteiger partial charge in [0.25, 0.3) is 0 Å². The van der Waals surface area contributed by atoms with Crippen molar-refractivity contribution in [2.45, 2.75) is 6.92 Å². The highest BCUT2D eigenvalue weighted by molar-refractivity contribution is 5.84. The van der Waals surface area contributed by atoms with E-state index in [4.69, 9.17) is 4.74 Å². The third-order valence-electron chi connectivity index (χ3n) is 3.19. The second kappa shape index (κ2) is 6.31. The number of hydrogen-bond donors (Lipinski definition) is 1. The highest BCUT2D eigenvalue weighted by Gasteiger charge is 2.12. The molecule has 3 rings (SSSR count). The van der Waals surface area contributed by atoms with Crippen LogP contribution < -0.4 is 5.32 Å². The van der Waals surface area contributed by atoms with E-state index in [1.807, 2.05) is 43.3 Å². The molecule has 3 aromatic rings. The number of aromatic nitrogens is 3. The molecule has 0 aliphatic heterocycles. The first-order valence-corrected chi connectivity index (χ1v) is 7.15. The number of nitrogens with one attached hydrogen (secondary N) is 1. The zero-order chi connectivity index (χ0) is 16.2. The van der Waals surface area contributed by atoms with E-state index >= 15 is 0 Å². The van der Waals surface area contributed by atoms with E-state index < -0.39 is 6.09 Å². The Morgan fingerprint density at radius 2 is 2.17 bits per heavy atom. The molecule has 0 radical (unpaired) electrons. The maximum absolute atomic E-state index is 11.7. The molecule has 2 heterocycles. The number of carbonyl (C=O) groups excluding carboxylic acids is 1. The zero-order valence-electron chi connectivity index (χ0n) is 12.7. The van der Waals surface area contributed by atoms with Crippen LogP contribution in [0.1, 0.15) is 5.69 Å². The number of anilines is 1. The maximum atomic E-state index is 11.7. The molecule has 6 nitrogen and oxygen atoms in total. The van der Waals surface area contributed by atoms with E-state index in [2.05, 4.69) is 22.0 Å². The molecular formula is C17H16N4O2. The molecule has 0 saturated carbocycles. The van der Waals surface area contributed by atoms with Crippen LogP contribution in [0.2, 0.25) is 0 Å². The molecular weight excluding hydrogens is 292 g/mol. The van der Waals surface area contributed by atoms with Crippen LogP contribution in [0, 0.1) is 6.92 Å². The largest absolute Gasteiger partial charge is 0.445 e. The minimum atomic E-state index is -0.563. The van der Waals surface area contributed by atoms with E-state index in [1.165, 1.54) is 6.08 Å². The lowest BCUT2D eigenvalue weighted by molar-refractivity contribution is 0.174. The van der Waals surface area contributed by atoms with Crippen LogP contribution in [0.15, 0.2) is 55.1 Å². The number of rotatable bonds is 4. The van der Waals surface area contributed by atoms with Crippen LogP contribution in [0.5, 0.6) is 0 Å². The van der Waals surface area contributed by atoms with Gasteiger partial charge in [0.15, 0.2) is 5.82 Å². The standard InChI is InChI=1S/C17H16N4O2/c1-3-10-23-17(22)19-16-11-12(2)20-21(16)15-9-8-13-6-4-5-7-14(13)18-15/h3-9,11H,1,10H2,2H3,(H,19,22). The van der Waals surface area contributed by atoms with Gasteiger partial charge >= 0.3 is 6.09 Å². The minimum Gasteiger partial charge on any atom is -0.445 e. The zero-order valence-corrected chi connectivity index (χ0v) is 12.7. The average Bonchev–Trinajstić information content (AvgIpc) is 2.92. The van der Waals surface area contributed by atoms with E-state index in [0.29, 0.717) is 11.6 Å².